The summed E-state index contributed by atoms with van der Waals surface area (Å²) in [5.74, 6) is -0.927. The molecule has 0 aliphatic heterocycles. The zero-order valence-corrected chi connectivity index (χ0v) is 12.6. The first kappa shape index (κ1) is 15.7. The monoisotopic (exact) mass is 320 g/mol. The summed E-state index contributed by atoms with van der Waals surface area (Å²) >= 11 is 5.63. The fraction of sp³-hybridized carbons (Fsp3) is 0.538. The van der Waals surface area contributed by atoms with E-state index in [9.17, 15) is 12.8 Å². The Bertz CT molecular complexity index is 580. The van der Waals surface area contributed by atoms with Crippen molar-refractivity contribution >= 4 is 21.6 Å². The average Bonchev–Trinajstić information content (AvgIpc) is 2.58. The lowest BCUT2D eigenvalue weighted by molar-refractivity contribution is 0.454. The molecule has 0 spiro atoms. The third-order valence-corrected chi connectivity index (χ3v) is 5.38. The van der Waals surface area contributed by atoms with Gasteiger partial charge in [0.1, 0.15) is 4.90 Å². The van der Waals surface area contributed by atoms with Crippen molar-refractivity contribution in [3.05, 3.63) is 29.0 Å². The second-order valence-corrected chi connectivity index (χ2v) is 7.17. The highest BCUT2D eigenvalue weighted by atomic mass is 35.5. The molecule has 2 atom stereocenters. The molecule has 20 heavy (non-hydrogen) atoms. The SMILES string of the molecule is NC1CCCCCC1NS(=O)(=O)c1cccc(Cl)c1F. The number of hydrogen-bond donors (Lipinski definition) is 2. The van der Waals surface area contributed by atoms with Crippen molar-refractivity contribution in [3.63, 3.8) is 0 Å². The van der Waals surface area contributed by atoms with Gasteiger partial charge in [0.2, 0.25) is 10.0 Å². The quantitative estimate of drug-likeness (QED) is 0.840. The predicted octanol–water partition coefficient (Wildman–Crippen LogP) is 2.42. The molecule has 1 aromatic rings. The van der Waals surface area contributed by atoms with E-state index in [-0.39, 0.29) is 17.1 Å². The van der Waals surface area contributed by atoms with Crippen LogP contribution in [-0.2, 0) is 10.0 Å². The van der Waals surface area contributed by atoms with Crippen LogP contribution in [0.25, 0.3) is 0 Å². The van der Waals surface area contributed by atoms with Crippen molar-refractivity contribution in [2.24, 2.45) is 5.73 Å². The van der Waals surface area contributed by atoms with Gasteiger partial charge in [-0.25, -0.2) is 17.5 Å². The second kappa shape index (κ2) is 6.39. The number of nitrogens with one attached hydrogen (secondary N) is 1. The summed E-state index contributed by atoms with van der Waals surface area (Å²) in [5, 5.41) is -0.210. The zero-order chi connectivity index (χ0) is 14.8. The minimum absolute atomic E-state index is 0.210. The van der Waals surface area contributed by atoms with Crippen LogP contribution in [0.2, 0.25) is 5.02 Å². The van der Waals surface area contributed by atoms with Gasteiger partial charge in [-0.05, 0) is 25.0 Å². The van der Waals surface area contributed by atoms with E-state index in [4.69, 9.17) is 17.3 Å². The number of halogens is 2. The molecule has 0 heterocycles. The number of sulfonamides is 1. The van der Waals surface area contributed by atoms with Gasteiger partial charge >= 0.3 is 0 Å². The summed E-state index contributed by atoms with van der Waals surface area (Å²) in [6.45, 7) is 0. The Morgan fingerprint density at radius 3 is 2.70 bits per heavy atom. The minimum atomic E-state index is -3.95. The third-order valence-electron chi connectivity index (χ3n) is 3.58. The predicted molar refractivity (Wildman–Crippen MR) is 76.6 cm³/mol. The maximum absolute atomic E-state index is 13.8. The number of benzene rings is 1. The smallest absolute Gasteiger partial charge is 0.243 e. The molecule has 7 heteroatoms. The van der Waals surface area contributed by atoms with Gasteiger partial charge < -0.3 is 5.73 Å². The first-order chi connectivity index (χ1) is 9.42. The molecule has 1 saturated carbocycles. The maximum atomic E-state index is 13.8. The van der Waals surface area contributed by atoms with Gasteiger partial charge in [0.05, 0.1) is 5.02 Å². The van der Waals surface area contributed by atoms with Crippen LogP contribution >= 0.6 is 11.6 Å². The fourth-order valence-corrected chi connectivity index (χ4v) is 4.09. The van der Waals surface area contributed by atoms with E-state index in [1.807, 2.05) is 0 Å². The molecule has 0 saturated heterocycles. The van der Waals surface area contributed by atoms with Crippen LogP contribution in [0.1, 0.15) is 32.1 Å². The van der Waals surface area contributed by atoms with Crippen LogP contribution < -0.4 is 10.5 Å². The Morgan fingerprint density at radius 1 is 1.25 bits per heavy atom. The molecular formula is C13H18ClFN2O2S. The van der Waals surface area contributed by atoms with Crippen molar-refractivity contribution in [1.29, 1.82) is 0 Å². The van der Waals surface area contributed by atoms with Crippen LogP contribution in [-0.4, -0.2) is 20.5 Å². The zero-order valence-electron chi connectivity index (χ0n) is 11.0. The van der Waals surface area contributed by atoms with Crippen molar-refractivity contribution < 1.29 is 12.8 Å². The topological polar surface area (TPSA) is 72.2 Å². The van der Waals surface area contributed by atoms with Gasteiger partial charge in [-0.15, -0.1) is 0 Å². The molecule has 0 amide bonds. The van der Waals surface area contributed by atoms with Gasteiger partial charge in [-0.3, -0.25) is 0 Å². The average molecular weight is 321 g/mol. The molecule has 1 aliphatic carbocycles. The standard InChI is InChI=1S/C13H18ClFN2O2S/c14-9-5-4-8-12(13(9)15)20(18,19)17-11-7-3-1-2-6-10(11)16/h4-5,8,10-11,17H,1-3,6-7,16H2. The van der Waals surface area contributed by atoms with Crippen molar-refractivity contribution in [3.8, 4) is 0 Å². The normalized spacial score (nSPS) is 24.4. The molecule has 1 aromatic carbocycles. The van der Waals surface area contributed by atoms with Gasteiger partial charge in [0, 0.05) is 12.1 Å². The van der Waals surface area contributed by atoms with Crippen LogP contribution in [0.5, 0.6) is 0 Å². The van der Waals surface area contributed by atoms with E-state index in [1.54, 1.807) is 0 Å². The van der Waals surface area contributed by atoms with Crippen molar-refractivity contribution in [2.75, 3.05) is 0 Å². The van der Waals surface area contributed by atoms with Gasteiger partial charge in [-0.2, -0.15) is 0 Å². The molecule has 112 valence electrons. The molecule has 0 bridgehead atoms. The first-order valence-corrected chi connectivity index (χ1v) is 8.50. The van der Waals surface area contributed by atoms with Crippen LogP contribution in [0.4, 0.5) is 4.39 Å². The number of nitrogens with two attached hydrogens (primary N) is 1. The maximum Gasteiger partial charge on any atom is 0.243 e. The summed E-state index contributed by atoms with van der Waals surface area (Å²) in [5.41, 5.74) is 5.99. The van der Waals surface area contributed by atoms with Gasteiger partial charge in [0.15, 0.2) is 5.82 Å². The Labute approximate surface area is 123 Å². The molecule has 4 nitrogen and oxygen atoms in total. The number of hydrogen-bond acceptors (Lipinski definition) is 3. The van der Waals surface area contributed by atoms with E-state index < -0.39 is 20.7 Å². The van der Waals surface area contributed by atoms with Gasteiger partial charge in [0.25, 0.3) is 0 Å². The lowest BCUT2D eigenvalue weighted by Crippen LogP contribution is -2.47. The summed E-state index contributed by atoms with van der Waals surface area (Å²) in [7, 11) is -3.95. The van der Waals surface area contributed by atoms with E-state index in [0.717, 1.165) is 25.7 Å². The Hall–Kier alpha value is -0.690. The lowest BCUT2D eigenvalue weighted by Gasteiger charge is -2.22. The lowest BCUT2D eigenvalue weighted by atomic mass is 10.1. The Morgan fingerprint density at radius 2 is 1.95 bits per heavy atom. The van der Waals surface area contributed by atoms with Crippen LogP contribution in [0.15, 0.2) is 23.1 Å². The molecule has 1 aliphatic rings. The third kappa shape index (κ3) is 3.49. The fourth-order valence-electron chi connectivity index (χ4n) is 2.44. The van der Waals surface area contributed by atoms with E-state index >= 15 is 0 Å². The van der Waals surface area contributed by atoms with E-state index in [2.05, 4.69) is 4.72 Å². The molecular weight excluding hydrogens is 303 g/mol. The van der Waals surface area contributed by atoms with E-state index in [0.29, 0.717) is 6.42 Å². The van der Waals surface area contributed by atoms with E-state index in [1.165, 1.54) is 18.2 Å². The van der Waals surface area contributed by atoms with Crippen LogP contribution in [0.3, 0.4) is 0 Å². The highest BCUT2D eigenvalue weighted by molar-refractivity contribution is 7.89. The summed E-state index contributed by atoms with van der Waals surface area (Å²) < 4.78 is 40.9. The van der Waals surface area contributed by atoms with Crippen molar-refractivity contribution in [1.82, 2.24) is 4.72 Å². The summed E-state index contributed by atoms with van der Waals surface area (Å²) in [6, 6.07) is 3.32. The minimum Gasteiger partial charge on any atom is -0.326 e. The van der Waals surface area contributed by atoms with Crippen LogP contribution in [0, 0.1) is 5.82 Å². The summed E-state index contributed by atoms with van der Waals surface area (Å²) in [6.07, 6.45) is 4.38. The molecule has 1 fully saturated rings. The molecule has 2 unspecified atom stereocenters. The summed E-state index contributed by atoms with van der Waals surface area (Å²) in [4.78, 5) is -0.429. The van der Waals surface area contributed by atoms with Crippen molar-refractivity contribution in [2.45, 2.75) is 49.1 Å². The Balaban J connectivity index is 2.24. The second-order valence-electron chi connectivity index (χ2n) is 5.08. The largest absolute Gasteiger partial charge is 0.326 e. The number of rotatable bonds is 3. The highest BCUT2D eigenvalue weighted by Crippen LogP contribution is 2.24. The highest BCUT2D eigenvalue weighted by Gasteiger charge is 2.28. The van der Waals surface area contributed by atoms with Gasteiger partial charge in [-0.1, -0.05) is 36.9 Å². The molecule has 0 aromatic heterocycles. The Kier molecular flexibility index (Phi) is 5.01. The first-order valence-electron chi connectivity index (χ1n) is 6.64. The molecule has 0 radical (unpaired) electrons. The molecule has 3 N–H and O–H groups in total. The molecule has 2 rings (SSSR count).